The Morgan fingerprint density at radius 1 is 0.952 bits per heavy atom. The molecule has 4 nitrogen and oxygen atoms in total. The van der Waals surface area contributed by atoms with E-state index in [1.54, 1.807) is 38.5 Å². The van der Waals surface area contributed by atoms with Gasteiger partial charge in [-0.25, -0.2) is 0 Å². The highest BCUT2D eigenvalue weighted by Crippen LogP contribution is 2.27. The highest BCUT2D eigenvalue weighted by molar-refractivity contribution is 5.98. The molecule has 0 saturated carbocycles. The van der Waals surface area contributed by atoms with Gasteiger partial charge in [0, 0.05) is 23.8 Å². The van der Waals surface area contributed by atoms with Crippen molar-refractivity contribution in [3.63, 3.8) is 0 Å². The summed E-state index contributed by atoms with van der Waals surface area (Å²) in [6, 6.07) is 12.6. The maximum absolute atomic E-state index is 12.2. The molecule has 0 amide bonds. The van der Waals surface area contributed by atoms with Gasteiger partial charge >= 0.3 is 0 Å². The molecule has 0 fully saturated rings. The lowest BCUT2D eigenvalue weighted by atomic mass is 10.1. The molecule has 0 atom stereocenters. The Hall–Kier alpha value is -2.49. The van der Waals surface area contributed by atoms with Crippen LogP contribution in [-0.4, -0.2) is 26.6 Å². The fourth-order valence-electron chi connectivity index (χ4n) is 1.98. The van der Waals surface area contributed by atoms with Crippen LogP contribution in [-0.2, 0) is 0 Å². The standard InChI is InChI=1S/C17H18O4/c1-12-6-4-5-7-16(12)17(18)11-21-15-9-13(19-2)8-14(10-15)20-3/h4-10H,11H2,1-3H3. The minimum absolute atomic E-state index is 0.0266. The third-order valence-corrected chi connectivity index (χ3v) is 3.14. The highest BCUT2D eigenvalue weighted by atomic mass is 16.5. The van der Waals surface area contributed by atoms with Gasteiger partial charge in [-0.3, -0.25) is 4.79 Å². The quantitative estimate of drug-likeness (QED) is 0.764. The average molecular weight is 286 g/mol. The first-order valence-corrected chi connectivity index (χ1v) is 6.58. The van der Waals surface area contributed by atoms with Crippen molar-refractivity contribution in [3.05, 3.63) is 53.6 Å². The first-order valence-electron chi connectivity index (χ1n) is 6.58. The number of ketones is 1. The van der Waals surface area contributed by atoms with Gasteiger partial charge in [-0.1, -0.05) is 24.3 Å². The molecule has 0 aliphatic carbocycles. The molecule has 0 heterocycles. The number of rotatable bonds is 6. The smallest absolute Gasteiger partial charge is 0.200 e. The molecular formula is C17H18O4. The molecule has 0 spiro atoms. The normalized spacial score (nSPS) is 10.0. The monoisotopic (exact) mass is 286 g/mol. The summed E-state index contributed by atoms with van der Waals surface area (Å²) in [5.41, 5.74) is 1.61. The van der Waals surface area contributed by atoms with E-state index in [0.717, 1.165) is 5.56 Å². The van der Waals surface area contributed by atoms with E-state index in [0.29, 0.717) is 22.8 Å². The zero-order valence-corrected chi connectivity index (χ0v) is 12.4. The summed E-state index contributed by atoms with van der Waals surface area (Å²) in [5.74, 6) is 1.71. The van der Waals surface area contributed by atoms with E-state index < -0.39 is 0 Å². The first kappa shape index (κ1) is 14.9. The predicted octanol–water partition coefficient (Wildman–Crippen LogP) is 3.27. The summed E-state index contributed by atoms with van der Waals surface area (Å²) >= 11 is 0. The Morgan fingerprint density at radius 3 is 2.10 bits per heavy atom. The summed E-state index contributed by atoms with van der Waals surface area (Å²) in [6.07, 6.45) is 0. The van der Waals surface area contributed by atoms with Gasteiger partial charge in [0.05, 0.1) is 14.2 Å². The Labute approximate surface area is 124 Å². The van der Waals surface area contributed by atoms with Crippen LogP contribution in [0.2, 0.25) is 0 Å². The summed E-state index contributed by atoms with van der Waals surface area (Å²) in [7, 11) is 3.13. The van der Waals surface area contributed by atoms with Crippen molar-refractivity contribution in [3.8, 4) is 17.2 Å². The largest absolute Gasteiger partial charge is 0.496 e. The second-order valence-electron chi connectivity index (χ2n) is 4.58. The lowest BCUT2D eigenvalue weighted by Gasteiger charge is -2.10. The van der Waals surface area contributed by atoms with E-state index in [1.165, 1.54) is 0 Å². The lowest BCUT2D eigenvalue weighted by Crippen LogP contribution is -2.12. The van der Waals surface area contributed by atoms with E-state index in [2.05, 4.69) is 0 Å². The van der Waals surface area contributed by atoms with E-state index >= 15 is 0 Å². The van der Waals surface area contributed by atoms with Gasteiger partial charge in [0.2, 0.25) is 0 Å². The molecule has 0 bridgehead atoms. The SMILES string of the molecule is COc1cc(OC)cc(OCC(=O)c2ccccc2C)c1. The number of hydrogen-bond donors (Lipinski definition) is 0. The summed E-state index contributed by atoms with van der Waals surface area (Å²) in [4.78, 5) is 12.2. The molecule has 2 aromatic rings. The average Bonchev–Trinajstić information content (AvgIpc) is 2.52. The molecule has 0 radical (unpaired) electrons. The minimum Gasteiger partial charge on any atom is -0.496 e. The molecule has 0 aromatic heterocycles. The molecule has 0 unspecified atom stereocenters. The minimum atomic E-state index is -0.0603. The Bertz CT molecular complexity index is 612. The van der Waals surface area contributed by atoms with Gasteiger partial charge in [-0.2, -0.15) is 0 Å². The van der Waals surface area contributed by atoms with Crippen molar-refractivity contribution >= 4 is 5.78 Å². The number of carbonyl (C=O) groups is 1. The van der Waals surface area contributed by atoms with E-state index in [4.69, 9.17) is 14.2 Å². The van der Waals surface area contributed by atoms with E-state index in [9.17, 15) is 4.79 Å². The van der Waals surface area contributed by atoms with Crippen molar-refractivity contribution in [2.75, 3.05) is 20.8 Å². The van der Waals surface area contributed by atoms with Crippen molar-refractivity contribution in [1.29, 1.82) is 0 Å². The van der Waals surface area contributed by atoms with Crippen LogP contribution in [0, 0.1) is 6.92 Å². The Balaban J connectivity index is 2.09. The fraction of sp³-hybridized carbons (Fsp3) is 0.235. The molecular weight excluding hydrogens is 268 g/mol. The maximum Gasteiger partial charge on any atom is 0.200 e. The van der Waals surface area contributed by atoms with Gasteiger partial charge in [-0.15, -0.1) is 0 Å². The van der Waals surface area contributed by atoms with Gasteiger partial charge in [0.1, 0.15) is 17.2 Å². The zero-order valence-electron chi connectivity index (χ0n) is 12.4. The molecule has 2 aromatic carbocycles. The van der Waals surface area contributed by atoms with Crippen LogP contribution >= 0.6 is 0 Å². The van der Waals surface area contributed by atoms with Crippen molar-refractivity contribution < 1.29 is 19.0 Å². The zero-order chi connectivity index (χ0) is 15.2. The van der Waals surface area contributed by atoms with Crippen LogP contribution in [0.1, 0.15) is 15.9 Å². The molecule has 2 rings (SSSR count). The third-order valence-electron chi connectivity index (χ3n) is 3.14. The van der Waals surface area contributed by atoms with E-state index in [1.807, 2.05) is 25.1 Å². The number of aryl methyl sites for hydroxylation is 1. The van der Waals surface area contributed by atoms with Crippen LogP contribution in [0.25, 0.3) is 0 Å². The van der Waals surface area contributed by atoms with E-state index in [-0.39, 0.29) is 12.4 Å². The topological polar surface area (TPSA) is 44.8 Å². The van der Waals surface area contributed by atoms with Gasteiger partial charge in [0.15, 0.2) is 12.4 Å². The van der Waals surface area contributed by atoms with Crippen LogP contribution in [0.4, 0.5) is 0 Å². The Morgan fingerprint density at radius 2 is 1.52 bits per heavy atom. The summed E-state index contributed by atoms with van der Waals surface area (Å²) in [5, 5.41) is 0. The van der Waals surface area contributed by atoms with Gasteiger partial charge in [-0.05, 0) is 12.5 Å². The molecule has 110 valence electrons. The fourth-order valence-corrected chi connectivity index (χ4v) is 1.98. The summed E-state index contributed by atoms with van der Waals surface area (Å²) < 4.78 is 15.9. The number of benzene rings is 2. The second kappa shape index (κ2) is 6.79. The molecule has 21 heavy (non-hydrogen) atoms. The predicted molar refractivity (Wildman–Crippen MR) is 80.6 cm³/mol. The van der Waals surface area contributed by atoms with Crippen LogP contribution in [0.5, 0.6) is 17.2 Å². The highest BCUT2D eigenvalue weighted by Gasteiger charge is 2.10. The third kappa shape index (κ3) is 3.75. The lowest BCUT2D eigenvalue weighted by molar-refractivity contribution is 0.0920. The molecule has 0 aliphatic heterocycles. The van der Waals surface area contributed by atoms with Crippen molar-refractivity contribution in [2.45, 2.75) is 6.92 Å². The van der Waals surface area contributed by atoms with Crippen LogP contribution in [0.3, 0.4) is 0 Å². The molecule has 0 N–H and O–H groups in total. The number of methoxy groups -OCH3 is 2. The number of hydrogen-bond acceptors (Lipinski definition) is 4. The number of Topliss-reactive ketones (excluding diaryl/α,β-unsaturated/α-hetero) is 1. The number of ether oxygens (including phenoxy) is 3. The van der Waals surface area contributed by atoms with Crippen molar-refractivity contribution in [1.82, 2.24) is 0 Å². The maximum atomic E-state index is 12.2. The second-order valence-corrected chi connectivity index (χ2v) is 4.58. The molecule has 0 aliphatic rings. The van der Waals surface area contributed by atoms with Crippen molar-refractivity contribution in [2.24, 2.45) is 0 Å². The van der Waals surface area contributed by atoms with Crippen LogP contribution in [0.15, 0.2) is 42.5 Å². The van der Waals surface area contributed by atoms with Gasteiger partial charge in [0.25, 0.3) is 0 Å². The van der Waals surface area contributed by atoms with Gasteiger partial charge < -0.3 is 14.2 Å². The number of carbonyl (C=O) groups excluding carboxylic acids is 1. The van der Waals surface area contributed by atoms with Crippen LogP contribution < -0.4 is 14.2 Å². The Kier molecular flexibility index (Phi) is 4.82. The molecule has 0 saturated heterocycles. The first-order chi connectivity index (χ1) is 10.1. The summed E-state index contributed by atoms with van der Waals surface area (Å²) in [6.45, 7) is 1.88. The molecule has 4 heteroatoms.